The van der Waals surface area contributed by atoms with E-state index in [1.54, 1.807) is 6.07 Å². The van der Waals surface area contributed by atoms with Gasteiger partial charge in [0, 0.05) is 6.04 Å². The van der Waals surface area contributed by atoms with Crippen LogP contribution >= 0.6 is 0 Å². The van der Waals surface area contributed by atoms with Crippen molar-refractivity contribution in [2.45, 2.75) is 45.1 Å². The molecule has 2 rings (SSSR count). The lowest BCUT2D eigenvalue weighted by molar-refractivity contribution is 0.100. The lowest BCUT2D eigenvalue weighted by atomic mass is 9.84. The lowest BCUT2D eigenvalue weighted by Crippen LogP contribution is -2.27. The van der Waals surface area contributed by atoms with Crippen LogP contribution < -0.4 is 16.8 Å². The Labute approximate surface area is 113 Å². The van der Waals surface area contributed by atoms with E-state index in [-0.39, 0.29) is 0 Å². The Morgan fingerprint density at radius 3 is 3.00 bits per heavy atom. The van der Waals surface area contributed by atoms with Crippen molar-refractivity contribution >= 4 is 17.4 Å². The number of aromatic nitrogens is 1. The van der Waals surface area contributed by atoms with Gasteiger partial charge in [0.1, 0.15) is 5.82 Å². The molecule has 1 aliphatic rings. The van der Waals surface area contributed by atoms with Gasteiger partial charge in [-0.2, -0.15) is 0 Å². The van der Waals surface area contributed by atoms with Crippen molar-refractivity contribution in [3.05, 3.63) is 17.8 Å². The second kappa shape index (κ2) is 5.91. The zero-order chi connectivity index (χ0) is 13.8. The summed E-state index contributed by atoms with van der Waals surface area (Å²) in [6, 6.07) is 2.07. The van der Waals surface area contributed by atoms with Crippen molar-refractivity contribution in [2.24, 2.45) is 11.7 Å². The van der Waals surface area contributed by atoms with E-state index >= 15 is 0 Å². The minimum atomic E-state index is -0.516. The van der Waals surface area contributed by atoms with Crippen LogP contribution in [0.1, 0.15) is 49.4 Å². The van der Waals surface area contributed by atoms with Crippen molar-refractivity contribution in [2.75, 3.05) is 11.1 Å². The molecule has 2 unspecified atom stereocenters. The Morgan fingerprint density at radius 2 is 2.32 bits per heavy atom. The SMILES string of the molecule is CCC1CCCC(Nc2cc(C(N)=O)c(N)cn2)C1. The number of nitrogens with two attached hydrogens (primary N) is 2. The van der Waals surface area contributed by atoms with Crippen molar-refractivity contribution in [3.8, 4) is 0 Å². The van der Waals surface area contributed by atoms with E-state index in [0.717, 1.165) is 18.8 Å². The highest BCUT2D eigenvalue weighted by Crippen LogP contribution is 2.28. The third kappa shape index (κ3) is 3.36. The van der Waals surface area contributed by atoms with Gasteiger partial charge in [-0.3, -0.25) is 4.79 Å². The summed E-state index contributed by atoms with van der Waals surface area (Å²) in [4.78, 5) is 15.5. The van der Waals surface area contributed by atoms with Gasteiger partial charge in [0.2, 0.25) is 0 Å². The Hall–Kier alpha value is -1.78. The van der Waals surface area contributed by atoms with Crippen LogP contribution in [-0.2, 0) is 0 Å². The van der Waals surface area contributed by atoms with E-state index in [1.807, 2.05) is 0 Å². The zero-order valence-corrected chi connectivity index (χ0v) is 11.4. The molecule has 1 aromatic heterocycles. The zero-order valence-electron chi connectivity index (χ0n) is 11.4. The fourth-order valence-electron chi connectivity index (χ4n) is 2.76. The van der Waals surface area contributed by atoms with Gasteiger partial charge in [-0.05, 0) is 24.8 Å². The van der Waals surface area contributed by atoms with Crippen molar-refractivity contribution in [3.63, 3.8) is 0 Å². The van der Waals surface area contributed by atoms with Crippen LogP contribution in [0.25, 0.3) is 0 Å². The molecule has 0 bridgehead atoms. The molecule has 104 valence electrons. The molecular weight excluding hydrogens is 240 g/mol. The third-order valence-electron chi connectivity index (χ3n) is 3.91. The molecule has 19 heavy (non-hydrogen) atoms. The predicted octanol–water partition coefficient (Wildman–Crippen LogP) is 2.14. The number of nitrogen functional groups attached to an aromatic ring is 1. The summed E-state index contributed by atoms with van der Waals surface area (Å²) in [6.45, 7) is 2.24. The number of anilines is 2. The number of primary amides is 1. The van der Waals surface area contributed by atoms with Gasteiger partial charge in [0.15, 0.2) is 0 Å². The first-order valence-corrected chi connectivity index (χ1v) is 6.92. The van der Waals surface area contributed by atoms with E-state index in [9.17, 15) is 4.79 Å². The Balaban J connectivity index is 2.06. The van der Waals surface area contributed by atoms with Gasteiger partial charge in [0.05, 0.1) is 17.4 Å². The number of hydrogen-bond acceptors (Lipinski definition) is 4. The quantitative estimate of drug-likeness (QED) is 0.775. The highest BCUT2D eigenvalue weighted by molar-refractivity contribution is 5.98. The summed E-state index contributed by atoms with van der Waals surface area (Å²) in [5, 5.41) is 3.39. The molecule has 1 aromatic rings. The monoisotopic (exact) mass is 262 g/mol. The smallest absolute Gasteiger partial charge is 0.250 e. The summed E-state index contributed by atoms with van der Waals surface area (Å²) in [7, 11) is 0. The molecule has 0 aliphatic heterocycles. The van der Waals surface area contributed by atoms with Crippen LogP contribution in [0.3, 0.4) is 0 Å². The van der Waals surface area contributed by atoms with E-state index in [0.29, 0.717) is 23.1 Å². The summed E-state index contributed by atoms with van der Waals surface area (Å²) in [5.74, 6) is 0.957. The van der Waals surface area contributed by atoms with E-state index in [2.05, 4.69) is 17.2 Å². The maximum Gasteiger partial charge on any atom is 0.250 e. The molecule has 5 nitrogen and oxygen atoms in total. The molecule has 0 saturated heterocycles. The summed E-state index contributed by atoms with van der Waals surface area (Å²) >= 11 is 0. The summed E-state index contributed by atoms with van der Waals surface area (Å²) in [6.07, 6.45) is 7.58. The second-order valence-electron chi connectivity index (χ2n) is 5.30. The van der Waals surface area contributed by atoms with E-state index in [1.165, 1.54) is 25.5 Å². The summed E-state index contributed by atoms with van der Waals surface area (Å²) in [5.41, 5.74) is 11.6. The molecule has 2 atom stereocenters. The van der Waals surface area contributed by atoms with Crippen LogP contribution in [0.4, 0.5) is 11.5 Å². The minimum absolute atomic E-state index is 0.327. The van der Waals surface area contributed by atoms with Gasteiger partial charge in [-0.25, -0.2) is 4.98 Å². The topological polar surface area (TPSA) is 94.0 Å². The van der Waals surface area contributed by atoms with Crippen molar-refractivity contribution in [1.82, 2.24) is 4.98 Å². The van der Waals surface area contributed by atoms with Crippen LogP contribution in [0.5, 0.6) is 0 Å². The molecule has 5 N–H and O–H groups in total. The predicted molar refractivity (Wildman–Crippen MR) is 76.8 cm³/mol. The van der Waals surface area contributed by atoms with Gasteiger partial charge in [-0.15, -0.1) is 0 Å². The Bertz CT molecular complexity index is 461. The number of nitrogens with zero attached hydrogens (tertiary/aromatic N) is 1. The molecule has 0 radical (unpaired) electrons. The Kier molecular flexibility index (Phi) is 4.24. The lowest BCUT2D eigenvalue weighted by Gasteiger charge is -2.29. The standard InChI is InChI=1S/C14H22N4O/c1-2-9-4-3-5-10(6-9)18-13-7-11(14(16)19)12(15)8-17-13/h7-10H,2-6,15H2,1H3,(H2,16,19)(H,17,18). The number of carbonyl (C=O) groups excluding carboxylic acids is 1. The Morgan fingerprint density at radius 1 is 1.53 bits per heavy atom. The summed E-state index contributed by atoms with van der Waals surface area (Å²) < 4.78 is 0. The number of carbonyl (C=O) groups is 1. The van der Waals surface area contributed by atoms with Gasteiger partial charge >= 0.3 is 0 Å². The van der Waals surface area contributed by atoms with Crippen molar-refractivity contribution < 1.29 is 4.79 Å². The molecule has 1 fully saturated rings. The normalized spacial score (nSPS) is 23.0. The molecule has 1 heterocycles. The average Bonchev–Trinajstić information content (AvgIpc) is 2.41. The number of rotatable bonds is 4. The number of hydrogen-bond donors (Lipinski definition) is 3. The first-order valence-electron chi connectivity index (χ1n) is 6.92. The van der Waals surface area contributed by atoms with Crippen LogP contribution in [0, 0.1) is 5.92 Å². The third-order valence-corrected chi connectivity index (χ3v) is 3.91. The van der Waals surface area contributed by atoms with Gasteiger partial charge in [-0.1, -0.05) is 26.2 Å². The molecule has 0 spiro atoms. The van der Waals surface area contributed by atoms with E-state index in [4.69, 9.17) is 11.5 Å². The fourth-order valence-corrected chi connectivity index (χ4v) is 2.76. The van der Waals surface area contributed by atoms with Gasteiger partial charge in [0.25, 0.3) is 5.91 Å². The molecule has 1 aliphatic carbocycles. The number of pyridine rings is 1. The molecule has 1 saturated carbocycles. The maximum atomic E-state index is 11.3. The minimum Gasteiger partial charge on any atom is -0.397 e. The highest BCUT2D eigenvalue weighted by Gasteiger charge is 2.21. The maximum absolute atomic E-state index is 11.3. The fraction of sp³-hybridized carbons (Fsp3) is 0.571. The van der Waals surface area contributed by atoms with Crippen LogP contribution in [0.15, 0.2) is 12.3 Å². The first kappa shape index (κ1) is 13.6. The molecule has 5 heteroatoms. The molecule has 0 aromatic carbocycles. The van der Waals surface area contributed by atoms with Crippen molar-refractivity contribution in [1.29, 1.82) is 0 Å². The number of amides is 1. The largest absolute Gasteiger partial charge is 0.397 e. The molecule has 1 amide bonds. The number of nitrogens with one attached hydrogen (secondary N) is 1. The van der Waals surface area contributed by atoms with E-state index < -0.39 is 5.91 Å². The van der Waals surface area contributed by atoms with Crippen LogP contribution in [-0.4, -0.2) is 16.9 Å². The van der Waals surface area contributed by atoms with Gasteiger partial charge < -0.3 is 16.8 Å². The first-order chi connectivity index (χ1) is 9.10. The average molecular weight is 262 g/mol. The second-order valence-corrected chi connectivity index (χ2v) is 5.30. The molecular formula is C14H22N4O. The van der Waals surface area contributed by atoms with Crippen LogP contribution in [0.2, 0.25) is 0 Å². The highest BCUT2D eigenvalue weighted by atomic mass is 16.1.